The lowest BCUT2D eigenvalue weighted by Crippen LogP contribution is -2.18. The van der Waals surface area contributed by atoms with Gasteiger partial charge in [0.2, 0.25) is 5.30 Å². The molecule has 2 rings (SSSR count). The Kier molecular flexibility index (Phi) is 3.23. The normalized spacial score (nSPS) is 11.8. The third-order valence-corrected chi connectivity index (χ3v) is 4.29. The summed E-state index contributed by atoms with van der Waals surface area (Å²) in [5.41, 5.74) is 6.13. The first kappa shape index (κ1) is 11.9. The van der Waals surface area contributed by atoms with Crippen LogP contribution in [0.4, 0.5) is 0 Å². The molecule has 0 aliphatic rings. The Bertz CT molecular complexity index is 611. The van der Waals surface area contributed by atoms with Crippen LogP contribution in [0.2, 0.25) is 0 Å². The Balaban J connectivity index is 2.88. The van der Waals surface area contributed by atoms with Gasteiger partial charge in [0.05, 0.1) is 10.9 Å². The molecule has 1 heterocycles. The average Bonchev–Trinajstić information content (AvgIpc) is 2.55. The summed E-state index contributed by atoms with van der Waals surface area (Å²) in [6.45, 7) is 0. The fourth-order valence-corrected chi connectivity index (χ4v) is 3.39. The molecular formula is C9H7IN2O2PS+. The van der Waals surface area contributed by atoms with Gasteiger partial charge >= 0.3 is 7.00 Å². The predicted octanol–water partition coefficient (Wildman–Crippen LogP) is 2.17. The molecule has 3 N–H and O–H groups in total. The fraction of sp³-hybridized carbons (Fsp3) is 0. The van der Waals surface area contributed by atoms with Crippen LogP contribution in [-0.4, -0.2) is 10.9 Å². The highest BCUT2D eigenvalue weighted by Gasteiger charge is 2.29. The molecule has 4 nitrogen and oxygen atoms in total. The third-order valence-electron chi connectivity index (χ3n) is 2.17. The zero-order valence-electron chi connectivity index (χ0n) is 7.90. The van der Waals surface area contributed by atoms with E-state index in [0.29, 0.717) is 5.30 Å². The van der Waals surface area contributed by atoms with Gasteiger partial charge in [0.25, 0.3) is 5.91 Å². The van der Waals surface area contributed by atoms with Crippen molar-refractivity contribution in [3.05, 3.63) is 27.5 Å². The smallest absolute Gasteiger partial charge is 0.364 e. The second-order valence-corrected chi connectivity index (χ2v) is 6.50. The zero-order chi connectivity index (χ0) is 11.9. The van der Waals surface area contributed by atoms with Crippen LogP contribution in [0, 0.1) is 3.57 Å². The first-order valence-electron chi connectivity index (χ1n) is 4.28. The number of benzene rings is 1. The van der Waals surface area contributed by atoms with Crippen LogP contribution in [-0.2, 0) is 4.57 Å². The van der Waals surface area contributed by atoms with Crippen molar-refractivity contribution < 1.29 is 9.36 Å². The van der Waals surface area contributed by atoms with Gasteiger partial charge in [0.15, 0.2) is 5.69 Å². The molecule has 0 aliphatic carbocycles. The van der Waals surface area contributed by atoms with Gasteiger partial charge in [-0.1, -0.05) is 4.57 Å². The number of hydrogen-bond donors (Lipinski definition) is 3. The lowest BCUT2D eigenvalue weighted by molar-refractivity contribution is 0.0997. The van der Waals surface area contributed by atoms with Gasteiger partial charge in [-0.05, 0) is 40.8 Å². The van der Waals surface area contributed by atoms with Crippen molar-refractivity contribution in [1.82, 2.24) is 4.98 Å². The maximum atomic E-state index is 11.5. The average molecular weight is 365 g/mol. The summed E-state index contributed by atoms with van der Waals surface area (Å²) in [6.07, 6.45) is 0. The maximum Gasteiger partial charge on any atom is 0.449 e. The van der Waals surface area contributed by atoms with E-state index in [1.54, 1.807) is 0 Å². The Labute approximate surface area is 111 Å². The number of halogens is 1. The Morgan fingerprint density at radius 1 is 1.50 bits per heavy atom. The van der Waals surface area contributed by atoms with E-state index in [9.17, 15) is 9.36 Å². The SMILES string of the molecule is NC(=O)c1[nH]c2ccc(I)cc2c1[P+](=O)S. The van der Waals surface area contributed by atoms with E-state index in [0.717, 1.165) is 14.5 Å². The van der Waals surface area contributed by atoms with Crippen molar-refractivity contribution in [2.24, 2.45) is 5.73 Å². The second kappa shape index (κ2) is 4.35. The monoisotopic (exact) mass is 365 g/mol. The molecule has 0 aliphatic heterocycles. The molecule has 1 unspecified atom stereocenters. The second-order valence-electron chi connectivity index (χ2n) is 3.18. The van der Waals surface area contributed by atoms with Crippen molar-refractivity contribution in [1.29, 1.82) is 0 Å². The number of hydrogen-bond acceptors (Lipinski definition) is 2. The first-order valence-corrected chi connectivity index (χ1v) is 7.77. The molecule has 0 saturated carbocycles. The fourth-order valence-electron chi connectivity index (χ4n) is 1.53. The number of rotatable bonds is 2. The van der Waals surface area contributed by atoms with Crippen molar-refractivity contribution in [3.8, 4) is 0 Å². The minimum Gasteiger partial charge on any atom is -0.364 e. The highest BCUT2D eigenvalue weighted by atomic mass is 127. The largest absolute Gasteiger partial charge is 0.449 e. The summed E-state index contributed by atoms with van der Waals surface area (Å²) in [7, 11) is -1.91. The zero-order valence-corrected chi connectivity index (χ0v) is 11.8. The van der Waals surface area contributed by atoms with Gasteiger partial charge in [0, 0.05) is 3.57 Å². The number of aromatic nitrogens is 1. The van der Waals surface area contributed by atoms with Crippen LogP contribution >= 0.6 is 41.8 Å². The van der Waals surface area contributed by atoms with Crippen LogP contribution in [0.25, 0.3) is 10.9 Å². The summed E-state index contributed by atoms with van der Waals surface area (Å²) in [4.78, 5) is 14.1. The lowest BCUT2D eigenvalue weighted by Gasteiger charge is -1.89. The minimum atomic E-state index is -1.91. The number of carbonyl (C=O) groups is 1. The number of fused-ring (bicyclic) bond motifs is 1. The first-order chi connectivity index (χ1) is 7.50. The van der Waals surface area contributed by atoms with Crippen LogP contribution < -0.4 is 11.0 Å². The summed E-state index contributed by atoms with van der Waals surface area (Å²) >= 11 is 6.05. The van der Waals surface area contributed by atoms with Gasteiger partial charge in [-0.3, -0.25) is 4.79 Å². The van der Waals surface area contributed by atoms with E-state index in [1.165, 1.54) is 0 Å². The topological polar surface area (TPSA) is 76.0 Å². The minimum absolute atomic E-state index is 0.174. The maximum absolute atomic E-state index is 11.5. The number of H-pyrrole nitrogens is 1. The van der Waals surface area contributed by atoms with Crippen molar-refractivity contribution in [2.45, 2.75) is 0 Å². The molecule has 0 spiro atoms. The van der Waals surface area contributed by atoms with Gasteiger partial charge < -0.3 is 10.7 Å². The Morgan fingerprint density at radius 2 is 2.19 bits per heavy atom. The quantitative estimate of drug-likeness (QED) is 0.434. The molecule has 0 fully saturated rings. The number of nitrogens with two attached hydrogens (primary N) is 1. The molecule has 16 heavy (non-hydrogen) atoms. The number of amides is 1. The summed E-state index contributed by atoms with van der Waals surface area (Å²) < 4.78 is 12.5. The van der Waals surface area contributed by atoms with Crippen LogP contribution in [0.15, 0.2) is 18.2 Å². The van der Waals surface area contributed by atoms with Crippen molar-refractivity contribution in [2.75, 3.05) is 0 Å². The Hall–Kier alpha value is -0.590. The van der Waals surface area contributed by atoms with Crippen molar-refractivity contribution >= 4 is 64.0 Å². The molecule has 0 saturated heterocycles. The van der Waals surface area contributed by atoms with E-state index < -0.39 is 12.9 Å². The third kappa shape index (κ3) is 1.97. The standard InChI is InChI=1S/C9H6IN2O2PS/c10-4-1-2-6-5(3-4)8(15(14)16)7(12-6)9(11)13/h1-3H,(H3-,11,12,13,14,16)/p+1. The van der Waals surface area contributed by atoms with Gasteiger partial charge in [0.1, 0.15) is 12.2 Å². The summed E-state index contributed by atoms with van der Waals surface area (Å²) in [6, 6.07) is 5.55. The number of primary amides is 1. The Morgan fingerprint density at radius 3 is 2.75 bits per heavy atom. The van der Waals surface area contributed by atoms with Crippen molar-refractivity contribution in [3.63, 3.8) is 0 Å². The van der Waals surface area contributed by atoms with E-state index in [4.69, 9.17) is 5.73 Å². The molecule has 7 heteroatoms. The molecule has 1 atom stereocenters. The number of carbonyl (C=O) groups excluding carboxylic acids is 1. The van der Waals surface area contributed by atoms with Crippen LogP contribution in [0.1, 0.15) is 10.5 Å². The van der Waals surface area contributed by atoms with Gasteiger partial charge in [-0.15, -0.1) is 0 Å². The number of thiol groups is 1. The summed E-state index contributed by atoms with van der Waals surface area (Å²) in [5.74, 6) is -0.626. The molecule has 1 aromatic carbocycles. The highest BCUT2D eigenvalue weighted by Crippen LogP contribution is 2.31. The molecule has 1 aromatic heterocycles. The predicted molar refractivity (Wildman–Crippen MR) is 75.8 cm³/mol. The molecule has 0 bridgehead atoms. The highest BCUT2D eigenvalue weighted by molar-refractivity contribution is 14.1. The van der Waals surface area contributed by atoms with E-state index in [-0.39, 0.29) is 5.69 Å². The van der Waals surface area contributed by atoms with E-state index >= 15 is 0 Å². The molecule has 1 amide bonds. The van der Waals surface area contributed by atoms with Gasteiger partial charge in [-0.2, -0.15) is 0 Å². The van der Waals surface area contributed by atoms with E-state index in [2.05, 4.69) is 39.8 Å². The molecular weight excluding hydrogens is 358 g/mol. The van der Waals surface area contributed by atoms with Crippen LogP contribution in [0.5, 0.6) is 0 Å². The molecule has 2 aromatic rings. The van der Waals surface area contributed by atoms with Crippen LogP contribution in [0.3, 0.4) is 0 Å². The van der Waals surface area contributed by atoms with Gasteiger partial charge in [-0.25, -0.2) is 0 Å². The molecule has 82 valence electrons. The number of nitrogens with one attached hydrogen (secondary N) is 1. The lowest BCUT2D eigenvalue weighted by atomic mass is 10.2. The molecule has 0 radical (unpaired) electrons. The summed E-state index contributed by atoms with van der Waals surface area (Å²) in [5, 5.41) is 1.12. The van der Waals surface area contributed by atoms with E-state index in [1.807, 2.05) is 18.2 Å². The number of aromatic amines is 1.